The van der Waals surface area contributed by atoms with Gasteiger partial charge in [0.15, 0.2) is 17.2 Å². The highest BCUT2D eigenvalue weighted by molar-refractivity contribution is 7.09. The van der Waals surface area contributed by atoms with Crippen LogP contribution in [0.2, 0.25) is 0 Å². The first-order valence-electron chi connectivity index (χ1n) is 13.4. The Hall–Kier alpha value is -5.50. The Morgan fingerprint density at radius 2 is 1.51 bits per heavy atom. The van der Waals surface area contributed by atoms with E-state index in [1.165, 1.54) is 40.4 Å². The molecule has 3 aromatic carbocycles. The molecule has 0 saturated carbocycles. The number of methoxy groups -OCH3 is 5. The number of hydrogen-bond donors (Lipinski definition) is 3. The predicted molar refractivity (Wildman–Crippen MR) is 169 cm³/mol. The fraction of sp³-hybridized carbons (Fsp3) is 0.226. The van der Waals surface area contributed by atoms with E-state index in [0.29, 0.717) is 22.8 Å². The van der Waals surface area contributed by atoms with Gasteiger partial charge in [-0.1, -0.05) is 30.3 Å². The van der Waals surface area contributed by atoms with Gasteiger partial charge in [-0.2, -0.15) is 4.37 Å². The van der Waals surface area contributed by atoms with Crippen molar-refractivity contribution in [2.45, 2.75) is 12.6 Å². The van der Waals surface area contributed by atoms with Crippen LogP contribution in [0, 0.1) is 0 Å². The summed E-state index contributed by atoms with van der Waals surface area (Å²) in [6.07, 6.45) is 0. The van der Waals surface area contributed by atoms with Crippen LogP contribution in [0.5, 0.6) is 28.7 Å². The standard InChI is InChI=1S/C31H33N5O8S/c1-40-19-11-12-20(21(15-19)41-2)36(31(39)28-24(32)25(29(33)37)35-45-28)26(30(38)34-16-17-9-7-6-8-10-17)18-13-22(42-3)27(44-5)23(14-18)43-4/h6-15,26H,16,32H2,1-5H3,(H2,33,37)(H,34,38)/t26-/m1/s1. The Morgan fingerprint density at radius 1 is 0.867 bits per heavy atom. The second-order valence-electron chi connectivity index (χ2n) is 9.42. The molecule has 0 fully saturated rings. The van der Waals surface area contributed by atoms with Crippen molar-refractivity contribution in [3.8, 4) is 28.7 Å². The molecule has 1 atom stereocenters. The van der Waals surface area contributed by atoms with Crippen molar-refractivity contribution in [2.75, 3.05) is 46.2 Å². The number of primary amides is 1. The second-order valence-corrected chi connectivity index (χ2v) is 10.2. The third kappa shape index (κ3) is 6.70. The molecule has 0 bridgehead atoms. The predicted octanol–water partition coefficient (Wildman–Crippen LogP) is 3.57. The number of carbonyl (C=O) groups excluding carboxylic acids is 3. The number of rotatable bonds is 13. The van der Waals surface area contributed by atoms with Crippen molar-refractivity contribution < 1.29 is 38.1 Å². The molecule has 0 spiro atoms. The van der Waals surface area contributed by atoms with Crippen molar-refractivity contribution >= 4 is 40.6 Å². The van der Waals surface area contributed by atoms with Crippen LogP contribution in [0.1, 0.15) is 37.3 Å². The number of nitrogens with one attached hydrogen (secondary N) is 1. The third-order valence-electron chi connectivity index (χ3n) is 6.84. The first-order valence-corrected chi connectivity index (χ1v) is 14.2. The van der Waals surface area contributed by atoms with E-state index in [1.54, 1.807) is 30.3 Å². The van der Waals surface area contributed by atoms with Crippen molar-refractivity contribution in [2.24, 2.45) is 5.73 Å². The van der Waals surface area contributed by atoms with Gasteiger partial charge in [-0.15, -0.1) is 0 Å². The van der Waals surface area contributed by atoms with Gasteiger partial charge in [0.25, 0.3) is 11.8 Å². The summed E-state index contributed by atoms with van der Waals surface area (Å²) in [4.78, 5) is 42.0. The van der Waals surface area contributed by atoms with Crippen LogP contribution in [-0.4, -0.2) is 57.6 Å². The van der Waals surface area contributed by atoms with Gasteiger partial charge in [0.05, 0.1) is 46.9 Å². The summed E-state index contributed by atoms with van der Waals surface area (Å²) in [7, 11) is 7.22. The highest BCUT2D eigenvalue weighted by Crippen LogP contribution is 2.44. The third-order valence-corrected chi connectivity index (χ3v) is 7.69. The molecule has 0 unspecified atom stereocenters. The molecule has 1 heterocycles. The van der Waals surface area contributed by atoms with Gasteiger partial charge < -0.3 is 40.5 Å². The van der Waals surface area contributed by atoms with Crippen LogP contribution in [0.15, 0.2) is 60.7 Å². The van der Waals surface area contributed by atoms with E-state index in [9.17, 15) is 14.4 Å². The highest BCUT2D eigenvalue weighted by Gasteiger charge is 2.38. The Labute approximate surface area is 263 Å². The molecular weight excluding hydrogens is 602 g/mol. The quantitative estimate of drug-likeness (QED) is 0.197. The monoisotopic (exact) mass is 635 g/mol. The fourth-order valence-corrected chi connectivity index (χ4v) is 5.39. The van der Waals surface area contributed by atoms with Gasteiger partial charge in [-0.3, -0.25) is 19.3 Å². The number of ether oxygens (including phenoxy) is 5. The SMILES string of the molecule is COc1ccc(N(C(=O)c2snc(C(N)=O)c2N)[C@@H](C(=O)NCc2ccccc2)c2cc(OC)c(OC)c(OC)c2)c(OC)c1. The average molecular weight is 636 g/mol. The number of amides is 3. The molecule has 4 aromatic rings. The fourth-order valence-electron chi connectivity index (χ4n) is 4.65. The number of nitrogens with zero attached hydrogens (tertiary/aromatic N) is 2. The molecular formula is C31H33N5O8S. The molecule has 0 aliphatic rings. The van der Waals surface area contributed by atoms with E-state index in [1.807, 2.05) is 30.3 Å². The van der Waals surface area contributed by atoms with E-state index in [4.69, 9.17) is 35.2 Å². The first-order chi connectivity index (χ1) is 21.7. The number of hydrogen-bond acceptors (Lipinski definition) is 11. The second kappa shape index (κ2) is 14.3. The number of nitrogens with two attached hydrogens (primary N) is 2. The minimum absolute atomic E-state index is 0.116. The van der Waals surface area contributed by atoms with Gasteiger partial charge in [0.2, 0.25) is 11.7 Å². The zero-order valence-corrected chi connectivity index (χ0v) is 26.1. The summed E-state index contributed by atoms with van der Waals surface area (Å²) in [5, 5.41) is 2.93. The van der Waals surface area contributed by atoms with Gasteiger partial charge in [0, 0.05) is 12.6 Å². The van der Waals surface area contributed by atoms with Gasteiger partial charge in [0.1, 0.15) is 22.4 Å². The van der Waals surface area contributed by atoms with Crippen LogP contribution in [0.25, 0.3) is 0 Å². The lowest BCUT2D eigenvalue weighted by Crippen LogP contribution is -2.44. The molecule has 45 heavy (non-hydrogen) atoms. The normalized spacial score (nSPS) is 11.2. The lowest BCUT2D eigenvalue weighted by molar-refractivity contribution is -0.122. The highest BCUT2D eigenvalue weighted by atomic mass is 32.1. The molecule has 1 aromatic heterocycles. The zero-order chi connectivity index (χ0) is 32.7. The topological polar surface area (TPSA) is 178 Å². The Balaban J connectivity index is 2.00. The summed E-state index contributed by atoms with van der Waals surface area (Å²) < 4.78 is 31.7. The summed E-state index contributed by atoms with van der Waals surface area (Å²) in [5.41, 5.74) is 12.5. The average Bonchev–Trinajstić information content (AvgIpc) is 3.46. The maximum atomic E-state index is 14.6. The number of anilines is 2. The van der Waals surface area contributed by atoms with Gasteiger partial charge in [-0.25, -0.2) is 0 Å². The van der Waals surface area contributed by atoms with E-state index < -0.39 is 23.8 Å². The molecule has 5 N–H and O–H groups in total. The number of aromatic nitrogens is 1. The maximum absolute atomic E-state index is 14.6. The molecule has 4 rings (SSSR count). The molecule has 3 amide bonds. The van der Waals surface area contributed by atoms with Crippen molar-refractivity contribution in [1.82, 2.24) is 9.69 Å². The zero-order valence-electron chi connectivity index (χ0n) is 25.3. The molecule has 14 heteroatoms. The summed E-state index contributed by atoms with van der Waals surface area (Å²) in [5.74, 6) is -0.816. The lowest BCUT2D eigenvalue weighted by Gasteiger charge is -2.32. The minimum atomic E-state index is -1.38. The van der Waals surface area contributed by atoms with Crippen LogP contribution >= 0.6 is 11.5 Å². The summed E-state index contributed by atoms with van der Waals surface area (Å²) in [6, 6.07) is 15.8. The first kappa shape index (κ1) is 32.4. The largest absolute Gasteiger partial charge is 0.497 e. The van der Waals surface area contributed by atoms with Crippen LogP contribution < -0.4 is 45.4 Å². The van der Waals surface area contributed by atoms with Crippen LogP contribution in [0.3, 0.4) is 0 Å². The minimum Gasteiger partial charge on any atom is -0.497 e. The van der Waals surface area contributed by atoms with Gasteiger partial charge >= 0.3 is 0 Å². The van der Waals surface area contributed by atoms with E-state index in [2.05, 4.69) is 9.69 Å². The maximum Gasteiger partial charge on any atom is 0.273 e. The van der Waals surface area contributed by atoms with Crippen LogP contribution in [0.4, 0.5) is 11.4 Å². The van der Waals surface area contributed by atoms with E-state index in [-0.39, 0.29) is 51.5 Å². The molecule has 0 aliphatic carbocycles. The smallest absolute Gasteiger partial charge is 0.273 e. The van der Waals surface area contributed by atoms with Crippen molar-refractivity contribution in [1.29, 1.82) is 0 Å². The molecule has 236 valence electrons. The molecule has 13 nitrogen and oxygen atoms in total. The van der Waals surface area contributed by atoms with E-state index >= 15 is 0 Å². The van der Waals surface area contributed by atoms with Crippen LogP contribution in [-0.2, 0) is 11.3 Å². The lowest BCUT2D eigenvalue weighted by atomic mass is 10.0. The molecule has 0 aliphatic heterocycles. The number of benzene rings is 3. The number of carbonyl (C=O) groups is 3. The Kier molecular flexibility index (Phi) is 10.3. The molecule has 0 radical (unpaired) electrons. The number of nitrogen functional groups attached to an aromatic ring is 1. The molecule has 0 saturated heterocycles. The Morgan fingerprint density at radius 3 is 2.04 bits per heavy atom. The van der Waals surface area contributed by atoms with Crippen molar-refractivity contribution in [3.05, 3.63) is 82.4 Å². The van der Waals surface area contributed by atoms with Crippen molar-refractivity contribution in [3.63, 3.8) is 0 Å². The Bertz CT molecular complexity index is 1670. The summed E-state index contributed by atoms with van der Waals surface area (Å²) in [6.45, 7) is 0.150. The van der Waals surface area contributed by atoms with Gasteiger partial charge in [-0.05, 0) is 46.9 Å². The van der Waals surface area contributed by atoms with E-state index in [0.717, 1.165) is 5.56 Å². The summed E-state index contributed by atoms with van der Waals surface area (Å²) >= 11 is 0.679.